The third-order valence-electron chi connectivity index (χ3n) is 4.99. The molecule has 0 bridgehead atoms. The molecule has 1 unspecified atom stereocenters. The molecule has 2 aromatic heterocycles. The largest absolute Gasteiger partial charge is 0.449 e. The van der Waals surface area contributed by atoms with Gasteiger partial charge in [-0.3, -0.25) is 9.48 Å². The van der Waals surface area contributed by atoms with Crippen LogP contribution in [0.15, 0.2) is 30.3 Å². The van der Waals surface area contributed by atoms with Gasteiger partial charge in [-0.1, -0.05) is 32.9 Å². The van der Waals surface area contributed by atoms with Crippen molar-refractivity contribution in [2.24, 2.45) is 7.05 Å². The van der Waals surface area contributed by atoms with Gasteiger partial charge in [0.1, 0.15) is 0 Å². The topological polar surface area (TPSA) is 86.1 Å². The highest BCUT2D eigenvalue weighted by Crippen LogP contribution is 2.24. The first kappa shape index (κ1) is 21.5. The number of ether oxygens (including phenoxy) is 1. The van der Waals surface area contributed by atoms with Crippen molar-refractivity contribution in [1.82, 2.24) is 14.8 Å². The summed E-state index contributed by atoms with van der Waals surface area (Å²) in [6, 6.07) is 9.32. The van der Waals surface area contributed by atoms with Gasteiger partial charge in [0.05, 0.1) is 16.6 Å². The summed E-state index contributed by atoms with van der Waals surface area (Å²) in [5, 5.41) is 7.77. The molecule has 0 aliphatic rings. The fourth-order valence-electron chi connectivity index (χ4n) is 3.31. The molecular formula is C23H28N4O3. The van der Waals surface area contributed by atoms with Gasteiger partial charge in [0.25, 0.3) is 5.91 Å². The quantitative estimate of drug-likeness (QED) is 0.658. The molecule has 1 N–H and O–H groups in total. The number of nitrogens with zero attached hydrogens (tertiary/aromatic N) is 3. The van der Waals surface area contributed by atoms with Crippen molar-refractivity contribution < 1.29 is 14.3 Å². The predicted octanol–water partition coefficient (Wildman–Crippen LogP) is 4.07. The lowest BCUT2D eigenvalue weighted by Crippen LogP contribution is -2.30. The number of fused-ring (bicyclic) bond motifs is 1. The number of carbonyl (C=O) groups is 2. The zero-order valence-electron chi connectivity index (χ0n) is 18.5. The molecule has 0 aliphatic heterocycles. The maximum Gasteiger partial charge on any atom is 0.339 e. The minimum Gasteiger partial charge on any atom is -0.449 e. The number of nitrogens with one attached hydrogen (secondary N) is 1. The van der Waals surface area contributed by atoms with Crippen LogP contribution in [0.3, 0.4) is 0 Å². The molecule has 0 radical (unpaired) electrons. The van der Waals surface area contributed by atoms with Crippen molar-refractivity contribution >= 4 is 28.6 Å². The lowest BCUT2D eigenvalue weighted by atomic mass is 9.87. The van der Waals surface area contributed by atoms with Crippen molar-refractivity contribution in [3.8, 4) is 0 Å². The van der Waals surface area contributed by atoms with Gasteiger partial charge in [0.2, 0.25) is 0 Å². The number of carbonyl (C=O) groups excluding carboxylic acids is 2. The molecule has 30 heavy (non-hydrogen) atoms. The fourth-order valence-corrected chi connectivity index (χ4v) is 3.31. The van der Waals surface area contributed by atoms with Gasteiger partial charge in [-0.2, -0.15) is 5.10 Å². The maximum absolute atomic E-state index is 12.8. The summed E-state index contributed by atoms with van der Waals surface area (Å²) in [5.74, 6) is -0.968. The van der Waals surface area contributed by atoms with Gasteiger partial charge in [-0.15, -0.1) is 0 Å². The molecule has 7 nitrogen and oxygen atoms in total. The molecule has 0 fully saturated rings. The van der Waals surface area contributed by atoms with Crippen LogP contribution in [0.2, 0.25) is 0 Å². The highest BCUT2D eigenvalue weighted by Gasteiger charge is 2.23. The predicted molar refractivity (Wildman–Crippen MR) is 117 cm³/mol. The van der Waals surface area contributed by atoms with E-state index in [-0.39, 0.29) is 5.41 Å². The Balaban J connectivity index is 1.74. The first-order valence-electron chi connectivity index (χ1n) is 9.90. The van der Waals surface area contributed by atoms with E-state index in [2.05, 4.69) is 36.2 Å². The second kappa shape index (κ2) is 7.89. The van der Waals surface area contributed by atoms with E-state index < -0.39 is 18.0 Å². The Labute approximate surface area is 176 Å². The number of hydrogen-bond acceptors (Lipinski definition) is 5. The number of esters is 1. The normalized spacial score (nSPS) is 12.6. The van der Waals surface area contributed by atoms with Crippen LogP contribution in [0, 0.1) is 13.8 Å². The van der Waals surface area contributed by atoms with Gasteiger partial charge in [0.15, 0.2) is 11.8 Å². The van der Waals surface area contributed by atoms with Crippen LogP contribution < -0.4 is 5.32 Å². The van der Waals surface area contributed by atoms with Crippen molar-refractivity contribution in [2.75, 3.05) is 5.32 Å². The number of pyridine rings is 1. The molecule has 158 valence electrons. The Morgan fingerprint density at radius 2 is 1.77 bits per heavy atom. The van der Waals surface area contributed by atoms with Crippen LogP contribution >= 0.6 is 0 Å². The number of rotatable bonds is 4. The number of aryl methyl sites for hydroxylation is 3. The van der Waals surface area contributed by atoms with Crippen LogP contribution in [0.25, 0.3) is 11.0 Å². The SMILES string of the molecule is Cc1cc(C(=O)OC(C)C(=O)Nc2ccc(C(C)(C)C)cc2)c2c(C)nn(C)c2n1. The van der Waals surface area contributed by atoms with Crippen LogP contribution in [0.5, 0.6) is 0 Å². The number of hydrogen-bond donors (Lipinski definition) is 1. The Bertz CT molecular complexity index is 1110. The zero-order chi connectivity index (χ0) is 22.2. The lowest BCUT2D eigenvalue weighted by Gasteiger charge is -2.19. The summed E-state index contributed by atoms with van der Waals surface area (Å²) in [5.41, 5.74) is 4.18. The third kappa shape index (κ3) is 4.35. The highest BCUT2D eigenvalue weighted by atomic mass is 16.5. The molecule has 1 aromatic carbocycles. The second-order valence-corrected chi connectivity index (χ2v) is 8.58. The molecule has 7 heteroatoms. The molecule has 0 aliphatic carbocycles. The monoisotopic (exact) mass is 408 g/mol. The summed E-state index contributed by atoms with van der Waals surface area (Å²) >= 11 is 0. The molecule has 1 amide bonds. The van der Waals surface area contributed by atoms with Gasteiger partial charge < -0.3 is 10.1 Å². The van der Waals surface area contributed by atoms with Crippen molar-refractivity contribution in [3.63, 3.8) is 0 Å². The zero-order valence-corrected chi connectivity index (χ0v) is 18.5. The number of aromatic nitrogens is 3. The van der Waals surface area contributed by atoms with Crippen LogP contribution in [-0.4, -0.2) is 32.7 Å². The van der Waals surface area contributed by atoms with E-state index in [1.165, 1.54) is 5.56 Å². The van der Waals surface area contributed by atoms with Gasteiger partial charge in [0, 0.05) is 18.4 Å². The Morgan fingerprint density at radius 1 is 1.13 bits per heavy atom. The fraction of sp³-hybridized carbons (Fsp3) is 0.391. The van der Waals surface area contributed by atoms with E-state index in [1.54, 1.807) is 31.6 Å². The molecule has 3 aromatic rings. The summed E-state index contributed by atoms with van der Waals surface area (Å²) in [7, 11) is 1.78. The van der Waals surface area contributed by atoms with E-state index in [0.29, 0.717) is 33.7 Å². The van der Waals surface area contributed by atoms with Crippen molar-refractivity contribution in [2.45, 2.75) is 53.1 Å². The Hall–Kier alpha value is -3.22. The summed E-state index contributed by atoms with van der Waals surface area (Å²) in [6.07, 6.45) is -0.958. The highest BCUT2D eigenvalue weighted by molar-refractivity contribution is 6.05. The van der Waals surface area contributed by atoms with Gasteiger partial charge in [-0.25, -0.2) is 9.78 Å². The van der Waals surface area contributed by atoms with E-state index in [9.17, 15) is 9.59 Å². The third-order valence-corrected chi connectivity index (χ3v) is 4.99. The molecule has 0 saturated heterocycles. The molecule has 0 spiro atoms. The smallest absolute Gasteiger partial charge is 0.339 e. The Morgan fingerprint density at radius 3 is 2.37 bits per heavy atom. The first-order chi connectivity index (χ1) is 14.0. The first-order valence-corrected chi connectivity index (χ1v) is 9.90. The summed E-state index contributed by atoms with van der Waals surface area (Å²) < 4.78 is 7.09. The minimum absolute atomic E-state index is 0.0315. The van der Waals surface area contributed by atoms with E-state index in [1.807, 2.05) is 31.2 Å². The molecular weight excluding hydrogens is 380 g/mol. The molecule has 1 atom stereocenters. The summed E-state index contributed by atoms with van der Waals surface area (Å²) in [4.78, 5) is 29.8. The van der Waals surface area contributed by atoms with Crippen LogP contribution in [0.4, 0.5) is 5.69 Å². The maximum atomic E-state index is 12.8. The molecule has 0 saturated carbocycles. The average Bonchev–Trinajstić information content (AvgIpc) is 2.94. The summed E-state index contributed by atoms with van der Waals surface area (Å²) in [6.45, 7) is 11.6. The number of anilines is 1. The molecule has 2 heterocycles. The average molecular weight is 409 g/mol. The van der Waals surface area contributed by atoms with Gasteiger partial charge >= 0.3 is 5.97 Å². The van der Waals surface area contributed by atoms with Crippen LogP contribution in [0.1, 0.15) is 55.0 Å². The minimum atomic E-state index is -0.958. The Kier molecular flexibility index (Phi) is 5.65. The number of benzene rings is 1. The molecule has 3 rings (SSSR count). The van der Waals surface area contributed by atoms with Gasteiger partial charge in [-0.05, 0) is 49.9 Å². The van der Waals surface area contributed by atoms with E-state index >= 15 is 0 Å². The van der Waals surface area contributed by atoms with E-state index in [4.69, 9.17) is 4.74 Å². The standard InChI is InChI=1S/C23H28N4O3/c1-13-12-18(19-14(2)26-27(7)20(19)24-13)22(29)30-15(3)21(28)25-17-10-8-16(9-11-17)23(4,5)6/h8-12,15H,1-7H3,(H,25,28). The number of amides is 1. The van der Waals surface area contributed by atoms with Crippen molar-refractivity contribution in [1.29, 1.82) is 0 Å². The second-order valence-electron chi connectivity index (χ2n) is 8.58. The van der Waals surface area contributed by atoms with Crippen LogP contribution in [-0.2, 0) is 22.0 Å². The lowest BCUT2D eigenvalue weighted by molar-refractivity contribution is -0.123. The van der Waals surface area contributed by atoms with Crippen molar-refractivity contribution in [3.05, 3.63) is 52.8 Å². The van der Waals surface area contributed by atoms with E-state index in [0.717, 1.165) is 0 Å².